The predicted octanol–water partition coefficient (Wildman–Crippen LogP) is 2.10. The van der Waals surface area contributed by atoms with Crippen LogP contribution in [-0.4, -0.2) is 60.7 Å². The summed E-state index contributed by atoms with van der Waals surface area (Å²) in [6.45, 7) is 0.986. The van der Waals surface area contributed by atoms with E-state index < -0.39 is 88.0 Å². The maximum Gasteiger partial charge on any atom is 0.173 e. The number of carbonyl (C=O) groups excluding carboxylic acids is 3. The van der Waals surface area contributed by atoms with E-state index in [2.05, 4.69) is 0 Å². The third kappa shape index (κ3) is 3.40. The van der Waals surface area contributed by atoms with Gasteiger partial charge in [0.2, 0.25) is 0 Å². The van der Waals surface area contributed by atoms with Gasteiger partial charge in [0.05, 0.1) is 17.6 Å². The molecule has 0 aromatic heterocycles. The van der Waals surface area contributed by atoms with Crippen molar-refractivity contribution in [3.8, 4) is 5.75 Å². The van der Waals surface area contributed by atoms with E-state index in [1.165, 1.54) is 24.3 Å². The molecule has 0 aliphatic heterocycles. The summed E-state index contributed by atoms with van der Waals surface area (Å²) in [5.41, 5.74) is -3.67. The Labute approximate surface area is 208 Å². The Balaban J connectivity index is 1.78. The number of ketones is 3. The first-order valence-electron chi connectivity index (χ1n) is 11.5. The number of rotatable bonds is 2. The molecule has 37 heavy (non-hydrogen) atoms. The number of aliphatic hydroxyl groups is 4. The van der Waals surface area contributed by atoms with E-state index in [4.69, 9.17) is 0 Å². The van der Waals surface area contributed by atoms with Crippen molar-refractivity contribution < 1.29 is 48.7 Å². The van der Waals surface area contributed by atoms with Crippen LogP contribution in [0.4, 0.5) is 8.78 Å². The molecule has 3 aliphatic rings. The van der Waals surface area contributed by atoms with Gasteiger partial charge in [-0.2, -0.15) is 0 Å². The molecule has 5 N–H and O–H groups in total. The minimum absolute atomic E-state index is 0.0860. The fourth-order valence-corrected chi connectivity index (χ4v) is 6.03. The van der Waals surface area contributed by atoms with Crippen LogP contribution in [0.1, 0.15) is 34.8 Å². The maximum atomic E-state index is 14.6. The Bertz CT molecular complexity index is 1440. The molecule has 1 fully saturated rings. The van der Waals surface area contributed by atoms with Crippen LogP contribution < -0.4 is 0 Å². The third-order valence-corrected chi connectivity index (χ3v) is 7.71. The van der Waals surface area contributed by atoms with Crippen LogP contribution in [0.2, 0.25) is 0 Å². The highest BCUT2D eigenvalue weighted by molar-refractivity contribution is 6.20. The van der Waals surface area contributed by atoms with Crippen molar-refractivity contribution in [2.45, 2.75) is 31.2 Å². The average Bonchev–Trinajstić information content (AvgIpc) is 2.82. The van der Waals surface area contributed by atoms with Gasteiger partial charge in [0.25, 0.3) is 0 Å². The maximum absolute atomic E-state index is 14.6. The summed E-state index contributed by atoms with van der Waals surface area (Å²) < 4.78 is 28.1. The highest BCUT2D eigenvalue weighted by Gasteiger charge is 2.66. The monoisotopic (exact) mass is 512 g/mol. The van der Waals surface area contributed by atoms with E-state index in [0.717, 1.165) is 19.1 Å². The minimum Gasteiger partial charge on any atom is -0.508 e. The van der Waals surface area contributed by atoms with Crippen molar-refractivity contribution in [2.75, 3.05) is 0 Å². The summed E-state index contributed by atoms with van der Waals surface area (Å²) in [5, 5.41) is 55.6. The Kier molecular flexibility index (Phi) is 5.67. The van der Waals surface area contributed by atoms with Gasteiger partial charge in [-0.3, -0.25) is 14.4 Å². The summed E-state index contributed by atoms with van der Waals surface area (Å²) in [4.78, 5) is 38.3. The molecule has 2 aromatic carbocycles. The standard InChI is InChI=1S/C27H22F2O8/c1-10(30)19-18(32)9-15-23(33)21-14(7-11-5-6-12(28)8-16(11)29)13-3-2-4-17(31)20(13)24(34)22(21)26(36)27(15,37)25(19)35/h2-8,15,21-23,26,31,33,35-37H,9H2,1H3/b14-7+/t15-,21-,22?,23-,26?,27-/m1/s1. The average molecular weight is 512 g/mol. The zero-order valence-corrected chi connectivity index (χ0v) is 19.4. The Morgan fingerprint density at radius 2 is 1.78 bits per heavy atom. The zero-order chi connectivity index (χ0) is 27.0. The van der Waals surface area contributed by atoms with E-state index in [1.807, 2.05) is 0 Å². The van der Waals surface area contributed by atoms with Crippen molar-refractivity contribution >= 4 is 29.0 Å². The molecule has 0 amide bonds. The number of carbonyl (C=O) groups is 3. The lowest BCUT2D eigenvalue weighted by molar-refractivity contribution is -0.198. The Morgan fingerprint density at radius 1 is 1.08 bits per heavy atom. The first-order chi connectivity index (χ1) is 17.4. The number of aliphatic hydroxyl groups excluding tert-OH is 3. The highest BCUT2D eigenvalue weighted by Crippen LogP contribution is 2.56. The molecule has 6 atom stereocenters. The van der Waals surface area contributed by atoms with Crippen LogP contribution in [0.5, 0.6) is 5.75 Å². The zero-order valence-electron chi connectivity index (χ0n) is 19.4. The second-order valence-corrected chi connectivity index (χ2v) is 9.66. The van der Waals surface area contributed by atoms with Crippen molar-refractivity contribution in [3.63, 3.8) is 0 Å². The number of aromatic hydroxyl groups is 1. The second kappa shape index (κ2) is 8.41. The van der Waals surface area contributed by atoms with Crippen LogP contribution in [0, 0.1) is 29.4 Å². The lowest BCUT2D eigenvalue weighted by Crippen LogP contribution is -2.68. The molecular weight excluding hydrogens is 490 g/mol. The highest BCUT2D eigenvalue weighted by atomic mass is 19.1. The van der Waals surface area contributed by atoms with Gasteiger partial charge in [-0.05, 0) is 42.3 Å². The molecule has 192 valence electrons. The van der Waals surface area contributed by atoms with Crippen LogP contribution in [0.15, 0.2) is 47.7 Å². The molecular formula is C27H22F2O8. The summed E-state index contributed by atoms with van der Waals surface area (Å²) in [5.74, 6) is -10.6. The van der Waals surface area contributed by atoms with Gasteiger partial charge in [-0.25, -0.2) is 8.78 Å². The van der Waals surface area contributed by atoms with Gasteiger partial charge in [-0.15, -0.1) is 0 Å². The molecule has 2 unspecified atom stereocenters. The van der Waals surface area contributed by atoms with E-state index in [-0.39, 0.29) is 22.3 Å². The largest absolute Gasteiger partial charge is 0.508 e. The topological polar surface area (TPSA) is 152 Å². The molecule has 0 heterocycles. The van der Waals surface area contributed by atoms with Gasteiger partial charge < -0.3 is 25.5 Å². The Hall–Kier alpha value is -3.73. The molecule has 0 saturated heterocycles. The number of phenols is 1. The first-order valence-corrected chi connectivity index (χ1v) is 11.5. The van der Waals surface area contributed by atoms with E-state index in [9.17, 15) is 48.7 Å². The molecule has 5 rings (SSSR count). The van der Waals surface area contributed by atoms with Gasteiger partial charge in [-0.1, -0.05) is 12.1 Å². The number of allylic oxidation sites excluding steroid dienone is 1. The van der Waals surface area contributed by atoms with Crippen molar-refractivity contribution in [1.29, 1.82) is 0 Å². The van der Waals surface area contributed by atoms with Crippen LogP contribution in [0.3, 0.4) is 0 Å². The molecule has 3 aliphatic carbocycles. The van der Waals surface area contributed by atoms with E-state index in [1.54, 1.807) is 0 Å². The number of halogens is 2. The van der Waals surface area contributed by atoms with Gasteiger partial charge >= 0.3 is 0 Å². The molecule has 1 saturated carbocycles. The van der Waals surface area contributed by atoms with Crippen molar-refractivity contribution in [3.05, 3.63) is 76.1 Å². The molecule has 2 aromatic rings. The number of hydrogen-bond donors (Lipinski definition) is 5. The van der Waals surface area contributed by atoms with Gasteiger partial charge in [0.15, 0.2) is 23.0 Å². The lowest BCUT2D eigenvalue weighted by Gasteiger charge is -2.55. The summed E-state index contributed by atoms with van der Waals surface area (Å²) in [6, 6.07) is 6.83. The minimum atomic E-state index is -2.74. The fourth-order valence-electron chi connectivity index (χ4n) is 6.03. The van der Waals surface area contributed by atoms with Crippen LogP contribution in [0.25, 0.3) is 11.6 Å². The normalized spacial score (nSPS) is 32.2. The molecule has 0 spiro atoms. The van der Waals surface area contributed by atoms with Gasteiger partial charge in [0.1, 0.15) is 34.8 Å². The molecule has 10 heteroatoms. The predicted molar refractivity (Wildman–Crippen MR) is 124 cm³/mol. The lowest BCUT2D eigenvalue weighted by atomic mass is 9.52. The molecule has 0 bridgehead atoms. The molecule has 0 radical (unpaired) electrons. The fraction of sp³-hybridized carbons (Fsp3) is 0.296. The van der Waals surface area contributed by atoms with Gasteiger partial charge in [0, 0.05) is 29.9 Å². The number of hydrogen-bond acceptors (Lipinski definition) is 8. The van der Waals surface area contributed by atoms with Crippen LogP contribution in [-0.2, 0) is 9.59 Å². The van der Waals surface area contributed by atoms with Crippen molar-refractivity contribution in [2.24, 2.45) is 17.8 Å². The summed E-state index contributed by atoms with van der Waals surface area (Å²) in [6.07, 6.45) is -3.27. The Morgan fingerprint density at radius 3 is 2.43 bits per heavy atom. The number of benzene rings is 2. The smallest absolute Gasteiger partial charge is 0.173 e. The second-order valence-electron chi connectivity index (χ2n) is 9.66. The quantitative estimate of drug-likeness (QED) is 0.384. The number of phenolic OH excluding ortho intramolecular Hbond substituents is 1. The number of Topliss-reactive ketones (excluding diaryl/α,β-unsaturated/α-hetero) is 3. The van der Waals surface area contributed by atoms with E-state index in [0.29, 0.717) is 6.07 Å². The first kappa shape index (κ1) is 24.9. The van der Waals surface area contributed by atoms with E-state index >= 15 is 0 Å². The summed E-state index contributed by atoms with van der Waals surface area (Å²) in [7, 11) is 0. The SMILES string of the molecule is CC(=O)C1=C(O)[C@@]2(O)C(O)C3C(=O)c4c(O)cccc4/C(=C\c4ccc(F)cc4F)[C@H]3[C@H](O)[C@H]2CC1=O. The van der Waals surface area contributed by atoms with Crippen LogP contribution >= 0.6 is 0 Å². The number of fused-ring (bicyclic) bond motifs is 3. The van der Waals surface area contributed by atoms with Crippen molar-refractivity contribution in [1.82, 2.24) is 0 Å². The third-order valence-electron chi connectivity index (χ3n) is 7.71. The summed E-state index contributed by atoms with van der Waals surface area (Å²) >= 11 is 0. The molecule has 8 nitrogen and oxygen atoms in total.